The second-order valence-corrected chi connectivity index (χ2v) is 7.16. The molecular weight excluding hydrogens is 303 g/mol. The highest BCUT2D eigenvalue weighted by molar-refractivity contribution is 7.91. The Hall–Kier alpha value is -1.08. The summed E-state index contributed by atoms with van der Waals surface area (Å²) in [5, 5.41) is 2.78. The number of rotatable bonds is 7. The molecule has 0 amide bonds. The molecule has 1 rings (SSSR count). The first-order valence-corrected chi connectivity index (χ1v) is 8.56. The number of alkyl halides is 3. The van der Waals surface area contributed by atoms with Crippen molar-refractivity contribution in [2.45, 2.75) is 32.0 Å². The largest absolute Gasteiger partial charge is 0.416 e. The molecule has 1 aromatic carbocycles. The zero-order chi connectivity index (χ0) is 16.1. The molecule has 0 aliphatic heterocycles. The maximum Gasteiger partial charge on any atom is 0.416 e. The number of benzene rings is 1. The Morgan fingerprint density at radius 1 is 1.29 bits per heavy atom. The maximum atomic E-state index is 12.7. The molecule has 0 saturated heterocycles. The van der Waals surface area contributed by atoms with Gasteiger partial charge in [0.25, 0.3) is 0 Å². The zero-order valence-corrected chi connectivity index (χ0v) is 12.9. The predicted octanol–water partition coefficient (Wildman–Crippen LogP) is 3.18. The highest BCUT2D eigenvalue weighted by Crippen LogP contribution is 2.31. The monoisotopic (exact) mass is 323 g/mol. The van der Waals surface area contributed by atoms with Crippen LogP contribution in [0.25, 0.3) is 0 Å². The Morgan fingerprint density at radius 2 is 1.95 bits per heavy atom. The maximum absolute atomic E-state index is 12.7. The SMILES string of the molecule is CCCCS(=O)(=O)CC(NC)c1cccc(C(F)(F)F)c1. The summed E-state index contributed by atoms with van der Waals surface area (Å²) >= 11 is 0. The van der Waals surface area contributed by atoms with Gasteiger partial charge in [-0.2, -0.15) is 13.2 Å². The lowest BCUT2D eigenvalue weighted by Gasteiger charge is -2.18. The molecule has 0 aliphatic rings. The van der Waals surface area contributed by atoms with Crippen LogP contribution < -0.4 is 5.32 Å². The van der Waals surface area contributed by atoms with E-state index in [9.17, 15) is 21.6 Å². The van der Waals surface area contributed by atoms with Crippen LogP contribution in [0, 0.1) is 0 Å². The molecule has 3 nitrogen and oxygen atoms in total. The van der Waals surface area contributed by atoms with Crippen molar-refractivity contribution in [1.82, 2.24) is 5.32 Å². The number of halogens is 3. The van der Waals surface area contributed by atoms with E-state index >= 15 is 0 Å². The Labute approximate surface area is 123 Å². The van der Waals surface area contributed by atoms with E-state index < -0.39 is 27.6 Å². The summed E-state index contributed by atoms with van der Waals surface area (Å²) in [4.78, 5) is 0. The summed E-state index contributed by atoms with van der Waals surface area (Å²) in [6, 6.07) is 4.12. The molecule has 0 bridgehead atoms. The fourth-order valence-corrected chi connectivity index (χ4v) is 3.74. The van der Waals surface area contributed by atoms with Crippen LogP contribution in [0.2, 0.25) is 0 Å². The molecule has 1 atom stereocenters. The van der Waals surface area contributed by atoms with Crippen LogP contribution in [0.3, 0.4) is 0 Å². The standard InChI is InChI=1S/C14H20F3NO2S/c1-3-4-8-21(19,20)10-13(18-2)11-6-5-7-12(9-11)14(15,16)17/h5-7,9,13,18H,3-4,8,10H2,1-2H3. The minimum absolute atomic E-state index is 0.0562. The average molecular weight is 323 g/mol. The van der Waals surface area contributed by atoms with Crippen molar-refractivity contribution >= 4 is 9.84 Å². The van der Waals surface area contributed by atoms with Crippen LogP contribution in [0.4, 0.5) is 13.2 Å². The van der Waals surface area contributed by atoms with Gasteiger partial charge in [-0.25, -0.2) is 8.42 Å². The molecule has 7 heteroatoms. The summed E-state index contributed by atoms with van der Waals surface area (Å²) in [5.41, 5.74) is -0.446. The topological polar surface area (TPSA) is 46.2 Å². The lowest BCUT2D eigenvalue weighted by atomic mass is 10.1. The smallest absolute Gasteiger partial charge is 0.312 e. The van der Waals surface area contributed by atoms with Crippen LogP contribution in [-0.4, -0.2) is 27.0 Å². The lowest BCUT2D eigenvalue weighted by molar-refractivity contribution is -0.137. The second-order valence-electron chi connectivity index (χ2n) is 4.93. The van der Waals surface area contributed by atoms with Crippen molar-refractivity contribution in [2.24, 2.45) is 0 Å². The van der Waals surface area contributed by atoms with E-state index in [-0.39, 0.29) is 11.5 Å². The minimum Gasteiger partial charge on any atom is -0.312 e. The molecule has 0 fully saturated rings. The number of sulfone groups is 1. The first-order valence-electron chi connectivity index (χ1n) is 6.74. The van der Waals surface area contributed by atoms with E-state index in [1.54, 1.807) is 7.05 Å². The van der Waals surface area contributed by atoms with Gasteiger partial charge in [0.05, 0.1) is 17.1 Å². The van der Waals surface area contributed by atoms with E-state index in [0.717, 1.165) is 18.6 Å². The molecule has 0 aliphatic carbocycles. The third-order valence-corrected chi connectivity index (χ3v) is 4.95. The van der Waals surface area contributed by atoms with Gasteiger partial charge in [0.1, 0.15) is 0 Å². The highest BCUT2D eigenvalue weighted by Gasteiger charge is 2.31. The van der Waals surface area contributed by atoms with Gasteiger partial charge in [0.15, 0.2) is 9.84 Å². The molecule has 0 spiro atoms. The average Bonchev–Trinajstić information content (AvgIpc) is 2.42. The van der Waals surface area contributed by atoms with Crippen LogP contribution in [0.5, 0.6) is 0 Å². The van der Waals surface area contributed by atoms with Crippen molar-refractivity contribution < 1.29 is 21.6 Å². The van der Waals surface area contributed by atoms with Crippen LogP contribution in [0.15, 0.2) is 24.3 Å². The zero-order valence-electron chi connectivity index (χ0n) is 12.1. The van der Waals surface area contributed by atoms with E-state index in [4.69, 9.17) is 0 Å². The summed E-state index contributed by atoms with van der Waals surface area (Å²) in [5.74, 6) is -0.147. The molecule has 1 N–H and O–H groups in total. The fourth-order valence-electron chi connectivity index (χ4n) is 1.98. The molecule has 21 heavy (non-hydrogen) atoms. The number of hydrogen-bond acceptors (Lipinski definition) is 3. The Kier molecular flexibility index (Phi) is 6.22. The normalized spacial score (nSPS) is 14.1. The van der Waals surface area contributed by atoms with Gasteiger partial charge < -0.3 is 5.32 Å². The van der Waals surface area contributed by atoms with Crippen molar-refractivity contribution in [3.8, 4) is 0 Å². The molecule has 1 aromatic rings. The molecule has 0 saturated carbocycles. The van der Waals surface area contributed by atoms with Gasteiger partial charge in [-0.05, 0) is 31.2 Å². The van der Waals surface area contributed by atoms with Gasteiger partial charge in [-0.15, -0.1) is 0 Å². The first-order chi connectivity index (χ1) is 9.69. The Bertz CT molecular complexity index is 556. The summed E-state index contributed by atoms with van der Waals surface area (Å²) < 4.78 is 62.0. The number of hydrogen-bond donors (Lipinski definition) is 1. The van der Waals surface area contributed by atoms with Gasteiger partial charge in [0.2, 0.25) is 0 Å². The third kappa shape index (κ3) is 5.67. The van der Waals surface area contributed by atoms with Crippen LogP contribution >= 0.6 is 0 Å². The van der Waals surface area contributed by atoms with E-state index in [1.807, 2.05) is 6.92 Å². The molecular formula is C14H20F3NO2S. The first kappa shape index (κ1) is 18.0. The van der Waals surface area contributed by atoms with Gasteiger partial charge in [-0.1, -0.05) is 25.5 Å². The van der Waals surface area contributed by atoms with Crippen LogP contribution in [-0.2, 0) is 16.0 Å². The van der Waals surface area contributed by atoms with E-state index in [1.165, 1.54) is 12.1 Å². The predicted molar refractivity (Wildman–Crippen MR) is 76.8 cm³/mol. The summed E-state index contributed by atoms with van der Waals surface area (Å²) in [6.07, 6.45) is -3.12. The minimum atomic E-state index is -4.44. The third-order valence-electron chi connectivity index (χ3n) is 3.19. The van der Waals surface area contributed by atoms with Crippen molar-refractivity contribution in [3.63, 3.8) is 0 Å². The van der Waals surface area contributed by atoms with Gasteiger partial charge >= 0.3 is 6.18 Å². The number of unbranched alkanes of at least 4 members (excludes halogenated alkanes) is 1. The molecule has 0 aromatic heterocycles. The van der Waals surface area contributed by atoms with Crippen molar-refractivity contribution in [3.05, 3.63) is 35.4 Å². The molecule has 1 unspecified atom stereocenters. The van der Waals surface area contributed by atoms with Gasteiger partial charge in [-0.3, -0.25) is 0 Å². The second kappa shape index (κ2) is 7.26. The molecule has 120 valence electrons. The van der Waals surface area contributed by atoms with E-state index in [2.05, 4.69) is 5.32 Å². The lowest BCUT2D eigenvalue weighted by Crippen LogP contribution is -2.27. The molecule has 0 heterocycles. The quantitative estimate of drug-likeness (QED) is 0.838. The Balaban J connectivity index is 2.96. The Morgan fingerprint density at radius 3 is 2.48 bits per heavy atom. The fraction of sp³-hybridized carbons (Fsp3) is 0.571. The van der Waals surface area contributed by atoms with Crippen molar-refractivity contribution in [1.29, 1.82) is 0 Å². The van der Waals surface area contributed by atoms with Crippen LogP contribution in [0.1, 0.15) is 36.9 Å². The summed E-state index contributed by atoms with van der Waals surface area (Å²) in [6.45, 7) is 1.89. The number of nitrogens with one attached hydrogen (secondary N) is 1. The van der Waals surface area contributed by atoms with Gasteiger partial charge in [0, 0.05) is 6.04 Å². The van der Waals surface area contributed by atoms with E-state index in [0.29, 0.717) is 12.0 Å². The highest BCUT2D eigenvalue weighted by atomic mass is 32.2. The summed E-state index contributed by atoms with van der Waals surface area (Å²) in [7, 11) is -1.75. The van der Waals surface area contributed by atoms with Crippen molar-refractivity contribution in [2.75, 3.05) is 18.6 Å². The molecule has 0 radical (unpaired) electrons.